The Labute approximate surface area is 127 Å². The molecule has 0 aliphatic carbocycles. The second-order valence-electron chi connectivity index (χ2n) is 4.58. The minimum absolute atomic E-state index is 0.0248. The molecule has 0 fully saturated rings. The van der Waals surface area contributed by atoms with Crippen molar-refractivity contribution in [3.8, 4) is 0 Å². The monoisotopic (exact) mass is 306 g/mol. The molecule has 0 aliphatic rings. The van der Waals surface area contributed by atoms with Crippen LogP contribution in [0.25, 0.3) is 0 Å². The van der Waals surface area contributed by atoms with Gasteiger partial charge in [-0.2, -0.15) is 0 Å². The summed E-state index contributed by atoms with van der Waals surface area (Å²) in [5.41, 5.74) is 7.80. The Balaban J connectivity index is 1.88. The van der Waals surface area contributed by atoms with Crippen molar-refractivity contribution in [1.82, 2.24) is 5.32 Å². The van der Waals surface area contributed by atoms with E-state index in [1.807, 2.05) is 49.6 Å². The number of hydrogen-bond acceptors (Lipinski definition) is 4. The SMILES string of the molecule is Cc1cccc(SCC(=O)NC(C)c2cccs2)c1N. The van der Waals surface area contributed by atoms with Gasteiger partial charge in [-0.25, -0.2) is 0 Å². The molecule has 1 aromatic carbocycles. The van der Waals surface area contributed by atoms with Gasteiger partial charge in [-0.15, -0.1) is 23.1 Å². The summed E-state index contributed by atoms with van der Waals surface area (Å²) in [6, 6.07) is 9.95. The first-order valence-corrected chi connectivity index (χ1v) is 8.25. The van der Waals surface area contributed by atoms with E-state index in [9.17, 15) is 4.79 Å². The number of anilines is 1. The van der Waals surface area contributed by atoms with Gasteiger partial charge in [-0.3, -0.25) is 4.79 Å². The summed E-state index contributed by atoms with van der Waals surface area (Å²) in [5.74, 6) is 0.403. The van der Waals surface area contributed by atoms with Crippen LogP contribution in [0.1, 0.15) is 23.4 Å². The molecule has 3 N–H and O–H groups in total. The van der Waals surface area contributed by atoms with Crippen LogP contribution in [0.5, 0.6) is 0 Å². The van der Waals surface area contributed by atoms with E-state index in [2.05, 4.69) is 5.32 Å². The molecule has 3 nitrogen and oxygen atoms in total. The zero-order chi connectivity index (χ0) is 14.5. The molecule has 1 heterocycles. The lowest BCUT2D eigenvalue weighted by molar-refractivity contribution is -0.119. The summed E-state index contributed by atoms with van der Waals surface area (Å²) in [5, 5.41) is 5.01. The van der Waals surface area contributed by atoms with Crippen molar-refractivity contribution in [3.63, 3.8) is 0 Å². The van der Waals surface area contributed by atoms with Crippen LogP contribution in [0, 0.1) is 6.92 Å². The smallest absolute Gasteiger partial charge is 0.230 e. The summed E-state index contributed by atoms with van der Waals surface area (Å²) in [7, 11) is 0. The number of aryl methyl sites for hydroxylation is 1. The number of nitrogens with two attached hydrogens (primary N) is 1. The molecule has 1 unspecified atom stereocenters. The van der Waals surface area contributed by atoms with E-state index in [-0.39, 0.29) is 11.9 Å². The fourth-order valence-electron chi connectivity index (χ4n) is 1.81. The minimum Gasteiger partial charge on any atom is -0.398 e. The molecule has 0 radical (unpaired) electrons. The van der Waals surface area contributed by atoms with Crippen LogP contribution >= 0.6 is 23.1 Å². The van der Waals surface area contributed by atoms with Crippen LogP contribution in [0.4, 0.5) is 5.69 Å². The molecular formula is C15H18N2OS2. The zero-order valence-corrected chi connectivity index (χ0v) is 13.2. The third kappa shape index (κ3) is 3.77. The lowest BCUT2D eigenvalue weighted by Crippen LogP contribution is -2.27. The molecule has 20 heavy (non-hydrogen) atoms. The van der Waals surface area contributed by atoms with E-state index in [0.717, 1.165) is 16.1 Å². The van der Waals surface area contributed by atoms with E-state index < -0.39 is 0 Å². The van der Waals surface area contributed by atoms with Crippen molar-refractivity contribution < 1.29 is 4.79 Å². The molecule has 2 rings (SSSR count). The average molecular weight is 306 g/mol. The fraction of sp³-hybridized carbons (Fsp3) is 0.267. The molecule has 0 spiro atoms. The summed E-state index contributed by atoms with van der Waals surface area (Å²) in [6.07, 6.45) is 0. The van der Waals surface area contributed by atoms with Gasteiger partial charge < -0.3 is 11.1 Å². The second kappa shape index (κ2) is 6.81. The highest BCUT2D eigenvalue weighted by Gasteiger charge is 2.11. The minimum atomic E-state index is 0.0248. The first-order valence-electron chi connectivity index (χ1n) is 6.38. The molecule has 0 aliphatic heterocycles. The average Bonchev–Trinajstić information content (AvgIpc) is 2.94. The number of benzene rings is 1. The molecular weight excluding hydrogens is 288 g/mol. The van der Waals surface area contributed by atoms with Crippen LogP contribution in [-0.4, -0.2) is 11.7 Å². The number of thiophene rings is 1. The number of thioether (sulfide) groups is 1. The van der Waals surface area contributed by atoms with Gasteiger partial charge in [0.25, 0.3) is 0 Å². The third-order valence-corrected chi connectivity index (χ3v) is 5.12. The van der Waals surface area contributed by atoms with Gasteiger partial charge in [0.05, 0.1) is 11.8 Å². The van der Waals surface area contributed by atoms with Gasteiger partial charge in [0.2, 0.25) is 5.91 Å². The van der Waals surface area contributed by atoms with Crippen molar-refractivity contribution in [2.24, 2.45) is 0 Å². The highest BCUT2D eigenvalue weighted by Crippen LogP contribution is 2.27. The van der Waals surface area contributed by atoms with Gasteiger partial charge in [0, 0.05) is 15.5 Å². The Kier molecular flexibility index (Phi) is 5.09. The van der Waals surface area contributed by atoms with E-state index in [0.29, 0.717) is 5.75 Å². The Morgan fingerprint density at radius 3 is 2.90 bits per heavy atom. The Hall–Kier alpha value is -1.46. The van der Waals surface area contributed by atoms with Crippen molar-refractivity contribution in [2.45, 2.75) is 24.8 Å². The van der Waals surface area contributed by atoms with E-state index >= 15 is 0 Å². The number of carbonyl (C=O) groups excluding carboxylic acids is 1. The second-order valence-corrected chi connectivity index (χ2v) is 6.58. The van der Waals surface area contributed by atoms with Crippen molar-refractivity contribution >= 4 is 34.7 Å². The van der Waals surface area contributed by atoms with E-state index in [1.54, 1.807) is 11.3 Å². The fourth-order valence-corrected chi connectivity index (χ4v) is 3.41. The summed E-state index contributed by atoms with van der Waals surface area (Å²) < 4.78 is 0. The van der Waals surface area contributed by atoms with E-state index in [1.165, 1.54) is 16.6 Å². The Morgan fingerprint density at radius 1 is 1.40 bits per heavy atom. The topological polar surface area (TPSA) is 55.1 Å². The maximum Gasteiger partial charge on any atom is 0.230 e. The summed E-state index contributed by atoms with van der Waals surface area (Å²) in [6.45, 7) is 3.97. The molecule has 1 amide bonds. The van der Waals surface area contributed by atoms with Gasteiger partial charge in [-0.1, -0.05) is 18.2 Å². The lowest BCUT2D eigenvalue weighted by atomic mass is 10.2. The maximum absolute atomic E-state index is 12.0. The van der Waals surface area contributed by atoms with Crippen LogP contribution in [0.15, 0.2) is 40.6 Å². The van der Waals surface area contributed by atoms with Crippen molar-refractivity contribution in [3.05, 3.63) is 46.2 Å². The molecule has 0 saturated heterocycles. The number of nitrogens with one attached hydrogen (secondary N) is 1. The van der Waals surface area contributed by atoms with Gasteiger partial charge >= 0.3 is 0 Å². The van der Waals surface area contributed by atoms with Crippen LogP contribution in [0.2, 0.25) is 0 Å². The summed E-state index contributed by atoms with van der Waals surface area (Å²) in [4.78, 5) is 14.1. The predicted octanol–water partition coefficient (Wildman–Crippen LogP) is 3.61. The first kappa shape index (κ1) is 14.9. The normalized spacial score (nSPS) is 12.1. The Bertz CT molecular complexity index is 582. The molecule has 5 heteroatoms. The Morgan fingerprint density at radius 2 is 2.20 bits per heavy atom. The number of para-hydroxylation sites is 1. The number of carbonyl (C=O) groups is 1. The zero-order valence-electron chi connectivity index (χ0n) is 11.6. The number of amides is 1. The number of rotatable bonds is 5. The van der Waals surface area contributed by atoms with Crippen LogP contribution < -0.4 is 11.1 Å². The van der Waals surface area contributed by atoms with Crippen LogP contribution in [0.3, 0.4) is 0 Å². The molecule has 1 aromatic heterocycles. The quantitative estimate of drug-likeness (QED) is 0.655. The molecule has 0 saturated carbocycles. The molecule has 0 bridgehead atoms. The van der Waals surface area contributed by atoms with Crippen molar-refractivity contribution in [1.29, 1.82) is 0 Å². The molecule has 1 atom stereocenters. The van der Waals surface area contributed by atoms with Gasteiger partial charge in [0.1, 0.15) is 0 Å². The van der Waals surface area contributed by atoms with Crippen LogP contribution in [-0.2, 0) is 4.79 Å². The standard InChI is InChI=1S/C15H18N2OS2/c1-10-5-3-6-13(15(10)16)20-9-14(18)17-11(2)12-7-4-8-19-12/h3-8,11H,9,16H2,1-2H3,(H,17,18). The number of hydrogen-bond donors (Lipinski definition) is 2. The van der Waals surface area contributed by atoms with Crippen molar-refractivity contribution in [2.75, 3.05) is 11.5 Å². The first-order chi connectivity index (χ1) is 9.58. The lowest BCUT2D eigenvalue weighted by Gasteiger charge is -2.12. The van der Waals surface area contributed by atoms with Gasteiger partial charge in [-0.05, 0) is 36.9 Å². The molecule has 106 valence electrons. The third-order valence-electron chi connectivity index (χ3n) is 2.99. The van der Waals surface area contributed by atoms with Gasteiger partial charge in [0.15, 0.2) is 0 Å². The van der Waals surface area contributed by atoms with E-state index in [4.69, 9.17) is 5.73 Å². The molecule has 2 aromatic rings. The largest absolute Gasteiger partial charge is 0.398 e. The number of nitrogen functional groups attached to an aromatic ring is 1. The maximum atomic E-state index is 12.0. The predicted molar refractivity (Wildman–Crippen MR) is 87.2 cm³/mol. The highest BCUT2D eigenvalue weighted by molar-refractivity contribution is 8.00. The highest BCUT2D eigenvalue weighted by atomic mass is 32.2. The summed E-state index contributed by atoms with van der Waals surface area (Å²) >= 11 is 3.13.